The van der Waals surface area contributed by atoms with Crippen molar-refractivity contribution in [3.8, 4) is 22.6 Å². The number of carbonyl (C=O) groups is 2. The Balaban J connectivity index is 1.50. The van der Waals surface area contributed by atoms with Crippen LogP contribution in [0.2, 0.25) is 0 Å². The van der Waals surface area contributed by atoms with Crippen molar-refractivity contribution in [3.05, 3.63) is 88.7 Å². The largest absolute Gasteiger partial charge is 0.497 e. The first-order valence-corrected chi connectivity index (χ1v) is 15.5. The minimum atomic E-state index is -0.907. The summed E-state index contributed by atoms with van der Waals surface area (Å²) >= 11 is 2.21. The summed E-state index contributed by atoms with van der Waals surface area (Å²) in [5, 5.41) is 9.69. The van der Waals surface area contributed by atoms with Gasteiger partial charge in [0.1, 0.15) is 23.9 Å². The lowest BCUT2D eigenvalue weighted by molar-refractivity contribution is -0.138. The Kier molecular flexibility index (Phi) is 8.38. The Morgan fingerprint density at radius 2 is 1.76 bits per heavy atom. The molecule has 3 aromatic rings. The van der Waals surface area contributed by atoms with E-state index in [1.54, 1.807) is 43.3 Å². The van der Waals surface area contributed by atoms with Crippen LogP contribution >= 0.6 is 22.6 Å². The zero-order chi connectivity index (χ0) is 30.2. The number of ether oxygens (including phenoxy) is 2. The number of nitrogens with zero attached hydrogens (tertiary/aromatic N) is 1. The summed E-state index contributed by atoms with van der Waals surface area (Å²) < 4.78 is 27.3. The monoisotopic (exact) mass is 683 g/mol. The molecule has 6 nitrogen and oxygen atoms in total. The lowest BCUT2D eigenvalue weighted by Gasteiger charge is -2.41. The molecule has 1 unspecified atom stereocenters. The molecule has 2 aliphatic rings. The number of fused-ring (bicyclic) bond motifs is 1. The van der Waals surface area contributed by atoms with Gasteiger partial charge in [-0.3, -0.25) is 9.59 Å². The maximum atomic E-state index is 15.1. The van der Waals surface area contributed by atoms with E-state index in [9.17, 15) is 14.7 Å². The molecule has 0 bridgehead atoms. The van der Waals surface area contributed by atoms with Gasteiger partial charge in [0.15, 0.2) is 0 Å². The maximum Gasteiger partial charge on any atom is 0.304 e. The summed E-state index contributed by atoms with van der Waals surface area (Å²) in [6, 6.07) is 16.1. The SMILES string of the molecule is COc1ccc(F)c(-c2ccc(COc3ccc4c(c3)C(CI)(CC(=O)O)CN(C)C4=O)cc2C2=CCCC2(C)C)c1. The highest BCUT2D eigenvalue weighted by atomic mass is 127. The molecule has 0 saturated carbocycles. The van der Waals surface area contributed by atoms with Crippen LogP contribution in [0.25, 0.3) is 16.7 Å². The number of amides is 1. The van der Waals surface area contributed by atoms with E-state index in [0.29, 0.717) is 39.2 Å². The molecular formula is C34H35FINO5. The van der Waals surface area contributed by atoms with Crippen LogP contribution in [-0.4, -0.2) is 47.0 Å². The van der Waals surface area contributed by atoms with Crippen molar-refractivity contribution in [2.45, 2.75) is 45.1 Å². The minimum absolute atomic E-state index is 0.0608. The Morgan fingerprint density at radius 1 is 1.02 bits per heavy atom. The normalized spacial score (nSPS) is 19.3. The first-order chi connectivity index (χ1) is 20.0. The van der Waals surface area contributed by atoms with Gasteiger partial charge in [-0.1, -0.05) is 54.6 Å². The predicted molar refractivity (Wildman–Crippen MR) is 170 cm³/mol. The third-order valence-corrected chi connectivity index (χ3v) is 9.98. The van der Waals surface area contributed by atoms with Crippen molar-refractivity contribution in [1.82, 2.24) is 4.90 Å². The number of benzene rings is 3. The number of alkyl halides is 1. The smallest absolute Gasteiger partial charge is 0.304 e. The van der Waals surface area contributed by atoms with E-state index in [2.05, 4.69) is 48.6 Å². The van der Waals surface area contributed by atoms with Gasteiger partial charge in [0.2, 0.25) is 0 Å². The van der Waals surface area contributed by atoms with Gasteiger partial charge < -0.3 is 19.5 Å². The Labute approximate surface area is 259 Å². The van der Waals surface area contributed by atoms with Crippen molar-refractivity contribution in [2.75, 3.05) is 25.1 Å². The standard InChI is InChI=1S/C34H35FINO5/c1-33(2)13-5-6-28(33)26-14-21(7-10-24(26)27-15-22(41-4)9-12-30(27)35)18-42-23-8-11-25-29(16-23)34(19-36,17-31(38)39)20-37(3)32(25)40/h6-12,14-16H,5,13,17-20H2,1-4H3,(H,38,39). The second-order valence-corrected chi connectivity index (χ2v) is 12.7. The lowest BCUT2D eigenvalue weighted by Crippen LogP contribution is -2.49. The van der Waals surface area contributed by atoms with Crippen LogP contribution in [-0.2, 0) is 16.8 Å². The average molecular weight is 684 g/mol. The lowest BCUT2D eigenvalue weighted by atomic mass is 9.74. The fourth-order valence-electron chi connectivity index (χ4n) is 6.26. The molecular weight excluding hydrogens is 648 g/mol. The van der Waals surface area contributed by atoms with Crippen molar-refractivity contribution in [3.63, 3.8) is 0 Å². The number of carboxylic acid groups (broad SMARTS) is 1. The van der Waals surface area contributed by atoms with Crippen LogP contribution < -0.4 is 9.47 Å². The highest BCUT2D eigenvalue weighted by Crippen LogP contribution is 2.47. The molecule has 1 atom stereocenters. The molecule has 0 aromatic heterocycles. The van der Waals surface area contributed by atoms with Crippen molar-refractivity contribution in [1.29, 1.82) is 0 Å². The van der Waals surface area contributed by atoms with Crippen molar-refractivity contribution >= 4 is 40.0 Å². The molecule has 1 amide bonds. The quantitative estimate of drug-likeness (QED) is 0.187. The summed E-state index contributed by atoms with van der Waals surface area (Å²) in [4.78, 5) is 26.3. The summed E-state index contributed by atoms with van der Waals surface area (Å²) in [6.07, 6.45) is 4.13. The highest BCUT2D eigenvalue weighted by Gasteiger charge is 2.43. The van der Waals surface area contributed by atoms with E-state index < -0.39 is 11.4 Å². The fraction of sp³-hybridized carbons (Fsp3) is 0.353. The summed E-state index contributed by atoms with van der Waals surface area (Å²) in [5.41, 5.74) is 4.80. The fourth-order valence-corrected chi connectivity index (χ4v) is 7.19. The van der Waals surface area contributed by atoms with Gasteiger partial charge in [0.25, 0.3) is 5.91 Å². The molecule has 0 spiro atoms. The van der Waals surface area contributed by atoms with Crippen LogP contribution in [0.15, 0.2) is 60.7 Å². The van der Waals surface area contributed by atoms with Gasteiger partial charge in [0, 0.05) is 34.6 Å². The number of allylic oxidation sites excluding steroid dienone is 2. The molecule has 1 heterocycles. The van der Waals surface area contributed by atoms with E-state index in [1.807, 2.05) is 18.2 Å². The first-order valence-electron chi connectivity index (χ1n) is 14.0. The molecule has 1 aliphatic heterocycles. The second kappa shape index (κ2) is 11.7. The third-order valence-electron chi connectivity index (χ3n) is 8.52. The number of hydrogen-bond acceptors (Lipinski definition) is 4. The number of carboxylic acids is 1. The molecule has 42 heavy (non-hydrogen) atoms. The van der Waals surface area contributed by atoms with Crippen LogP contribution in [0.3, 0.4) is 0 Å². The van der Waals surface area contributed by atoms with Gasteiger partial charge in [-0.05, 0) is 88.5 Å². The summed E-state index contributed by atoms with van der Waals surface area (Å²) in [7, 11) is 3.28. The van der Waals surface area contributed by atoms with Gasteiger partial charge in [-0.25, -0.2) is 4.39 Å². The Hall–Kier alpha value is -3.40. The van der Waals surface area contributed by atoms with E-state index in [0.717, 1.165) is 29.5 Å². The Morgan fingerprint density at radius 3 is 2.43 bits per heavy atom. The molecule has 220 valence electrons. The molecule has 8 heteroatoms. The topological polar surface area (TPSA) is 76.1 Å². The molecule has 0 radical (unpaired) electrons. The van der Waals surface area contributed by atoms with E-state index in [1.165, 1.54) is 11.6 Å². The Bertz CT molecular complexity index is 1580. The van der Waals surface area contributed by atoms with E-state index >= 15 is 4.39 Å². The highest BCUT2D eigenvalue weighted by molar-refractivity contribution is 14.1. The van der Waals surface area contributed by atoms with Gasteiger partial charge in [-0.2, -0.15) is 0 Å². The van der Waals surface area contributed by atoms with Crippen LogP contribution in [0, 0.1) is 11.2 Å². The maximum absolute atomic E-state index is 15.1. The van der Waals surface area contributed by atoms with E-state index in [4.69, 9.17) is 9.47 Å². The number of hydrogen-bond donors (Lipinski definition) is 1. The van der Waals surface area contributed by atoms with Gasteiger partial charge in [-0.15, -0.1) is 0 Å². The molecule has 1 aliphatic carbocycles. The minimum Gasteiger partial charge on any atom is -0.497 e. The predicted octanol–water partition coefficient (Wildman–Crippen LogP) is 7.52. The second-order valence-electron chi connectivity index (χ2n) is 11.9. The number of likely N-dealkylation sites (N-methyl/N-ethyl adjacent to an activating group) is 1. The molecule has 3 aromatic carbocycles. The van der Waals surface area contributed by atoms with Crippen LogP contribution in [0.1, 0.15) is 60.2 Å². The van der Waals surface area contributed by atoms with Crippen molar-refractivity contribution < 1.29 is 28.6 Å². The molecule has 0 saturated heterocycles. The first kappa shape index (κ1) is 30.1. The number of carbonyl (C=O) groups excluding carboxylic acids is 1. The van der Waals surface area contributed by atoms with Crippen LogP contribution in [0.5, 0.6) is 11.5 Å². The molecule has 1 N–H and O–H groups in total. The number of rotatable bonds is 9. The van der Waals surface area contributed by atoms with Crippen LogP contribution in [0.4, 0.5) is 4.39 Å². The zero-order valence-electron chi connectivity index (χ0n) is 24.3. The number of methoxy groups -OCH3 is 1. The van der Waals surface area contributed by atoms with Crippen molar-refractivity contribution in [2.24, 2.45) is 5.41 Å². The zero-order valence-corrected chi connectivity index (χ0v) is 26.5. The summed E-state index contributed by atoms with van der Waals surface area (Å²) in [5.74, 6) is -0.190. The average Bonchev–Trinajstić information content (AvgIpc) is 3.33. The molecule has 5 rings (SSSR count). The molecule has 0 fully saturated rings. The number of aliphatic carboxylic acids is 1. The third kappa shape index (κ3) is 5.65. The summed E-state index contributed by atoms with van der Waals surface area (Å²) in [6.45, 7) is 5.00. The van der Waals surface area contributed by atoms with Gasteiger partial charge >= 0.3 is 5.97 Å². The number of halogens is 2. The van der Waals surface area contributed by atoms with Gasteiger partial charge in [0.05, 0.1) is 13.5 Å². The van der Waals surface area contributed by atoms with E-state index in [-0.39, 0.29) is 30.2 Å².